The van der Waals surface area contributed by atoms with E-state index in [1.807, 2.05) is 0 Å². The van der Waals surface area contributed by atoms with Crippen LogP contribution in [0.4, 0.5) is 0 Å². The fourth-order valence-electron chi connectivity index (χ4n) is 12.6. The first-order valence-corrected chi connectivity index (χ1v) is 28.9. The molecule has 78 heavy (non-hydrogen) atoms. The van der Waals surface area contributed by atoms with Crippen molar-refractivity contribution < 1.29 is 15.3 Å². The van der Waals surface area contributed by atoms with E-state index >= 15 is 0 Å². The number of hydrogen-bond donors (Lipinski definition) is 3. The molecule has 0 aliphatic rings. The van der Waals surface area contributed by atoms with E-state index in [0.717, 1.165) is 52.6 Å². The van der Waals surface area contributed by atoms with Crippen LogP contribution < -0.4 is 0 Å². The summed E-state index contributed by atoms with van der Waals surface area (Å²) in [6.07, 6.45) is 2.20. The van der Waals surface area contributed by atoms with Crippen molar-refractivity contribution in [3.63, 3.8) is 0 Å². The van der Waals surface area contributed by atoms with E-state index in [4.69, 9.17) is 0 Å². The number of hydrogen-bond acceptors (Lipinski definition) is 3. The van der Waals surface area contributed by atoms with Gasteiger partial charge in [0, 0.05) is 17.8 Å². The van der Waals surface area contributed by atoms with Crippen LogP contribution in [0.15, 0.2) is 127 Å². The molecule has 0 amide bonds. The van der Waals surface area contributed by atoms with E-state index in [9.17, 15) is 15.3 Å². The lowest BCUT2D eigenvalue weighted by molar-refractivity contribution is 0.421. The highest BCUT2D eigenvalue weighted by Gasteiger charge is 2.36. The third-order valence-corrected chi connectivity index (χ3v) is 16.8. The lowest BCUT2D eigenvalue weighted by Gasteiger charge is -2.35. The molecule has 3 atom stereocenters. The van der Waals surface area contributed by atoms with Gasteiger partial charge in [0.25, 0.3) is 0 Å². The number of phenolic OH excluding ortho intramolecular Hbond substituents is 3. The average molecular weight is 1050 g/mol. The minimum absolute atomic E-state index is 0.0513. The number of aromatic hydroxyl groups is 3. The van der Waals surface area contributed by atoms with Gasteiger partial charge in [-0.1, -0.05) is 252 Å². The Labute approximate surface area is 472 Å². The lowest BCUT2D eigenvalue weighted by Crippen LogP contribution is -2.22. The summed E-state index contributed by atoms with van der Waals surface area (Å²) in [6.45, 7) is 46.9. The maximum Gasteiger partial charge on any atom is 0.123 e. The molecule has 7 aromatic carbocycles. The topological polar surface area (TPSA) is 60.7 Å². The molecule has 0 saturated heterocycles. The van der Waals surface area contributed by atoms with E-state index < -0.39 is 0 Å². The van der Waals surface area contributed by atoms with Gasteiger partial charge in [0.15, 0.2) is 0 Å². The number of benzene rings is 7. The van der Waals surface area contributed by atoms with Crippen LogP contribution in [0.25, 0.3) is 0 Å². The summed E-state index contributed by atoms with van der Waals surface area (Å²) < 4.78 is 0. The van der Waals surface area contributed by atoms with Crippen LogP contribution in [-0.4, -0.2) is 15.3 Å². The molecule has 0 radical (unpaired) electrons. The van der Waals surface area contributed by atoms with Crippen LogP contribution in [0.3, 0.4) is 0 Å². The van der Waals surface area contributed by atoms with Crippen molar-refractivity contribution in [1.82, 2.24) is 0 Å². The molecule has 414 valence electrons. The van der Waals surface area contributed by atoms with Crippen molar-refractivity contribution in [2.75, 3.05) is 0 Å². The van der Waals surface area contributed by atoms with Crippen molar-refractivity contribution in [2.24, 2.45) is 0 Å². The van der Waals surface area contributed by atoms with Crippen LogP contribution in [-0.2, 0) is 51.8 Å². The highest BCUT2D eigenvalue weighted by Crippen LogP contribution is 2.50. The second-order valence-electron chi connectivity index (χ2n) is 29.2. The second-order valence-corrected chi connectivity index (χ2v) is 29.2. The highest BCUT2D eigenvalue weighted by atomic mass is 16.3. The first-order valence-electron chi connectivity index (χ1n) is 28.9. The summed E-state index contributed by atoms with van der Waals surface area (Å²) in [5.74, 6) is 1.04. The predicted molar refractivity (Wildman–Crippen MR) is 333 cm³/mol. The molecule has 0 bridgehead atoms. The van der Waals surface area contributed by atoms with Crippen LogP contribution in [0.5, 0.6) is 17.2 Å². The molecule has 0 aromatic heterocycles. The van der Waals surface area contributed by atoms with Gasteiger partial charge >= 0.3 is 0 Å². The summed E-state index contributed by atoms with van der Waals surface area (Å²) >= 11 is 0. The third-order valence-electron chi connectivity index (χ3n) is 16.8. The molecule has 7 aromatic rings. The van der Waals surface area contributed by atoms with Gasteiger partial charge in [-0.25, -0.2) is 0 Å². The average Bonchev–Trinajstić information content (AvgIpc) is 3.45. The molecule has 0 aliphatic carbocycles. The quantitative estimate of drug-likeness (QED) is 0.114. The first kappa shape index (κ1) is 59.6. The van der Waals surface area contributed by atoms with Crippen molar-refractivity contribution >= 4 is 0 Å². The minimum Gasteiger partial charge on any atom is -0.507 e. The molecule has 0 saturated carbocycles. The van der Waals surface area contributed by atoms with E-state index in [1.54, 1.807) is 0 Å². The Balaban J connectivity index is 1.65. The zero-order chi connectivity index (χ0) is 57.8. The number of rotatable bonds is 12. The Morgan fingerprint density at radius 3 is 0.603 bits per heavy atom. The maximum atomic E-state index is 12.1. The lowest BCUT2D eigenvalue weighted by atomic mass is 9.69. The van der Waals surface area contributed by atoms with E-state index in [1.165, 1.54) is 66.8 Å². The van der Waals surface area contributed by atoms with E-state index in [2.05, 4.69) is 273 Å². The molecule has 7 rings (SSSR count). The summed E-state index contributed by atoms with van der Waals surface area (Å²) in [5.41, 5.74) is 19.4. The zero-order valence-electron chi connectivity index (χ0n) is 51.8. The highest BCUT2D eigenvalue weighted by molar-refractivity contribution is 5.62. The Morgan fingerprint density at radius 1 is 0.282 bits per heavy atom. The van der Waals surface area contributed by atoms with Crippen LogP contribution in [0, 0.1) is 20.8 Å². The largest absolute Gasteiger partial charge is 0.507 e. The van der Waals surface area contributed by atoms with Crippen molar-refractivity contribution in [3.8, 4) is 17.2 Å². The first-order chi connectivity index (χ1) is 36.0. The van der Waals surface area contributed by atoms with E-state index in [0.29, 0.717) is 17.2 Å². The maximum absolute atomic E-state index is 12.1. The molecule has 0 fully saturated rings. The van der Waals surface area contributed by atoms with Gasteiger partial charge < -0.3 is 15.3 Å². The monoisotopic (exact) mass is 1040 g/mol. The van der Waals surface area contributed by atoms with Gasteiger partial charge in [-0.3, -0.25) is 0 Å². The Morgan fingerprint density at radius 2 is 0.449 bits per heavy atom. The van der Waals surface area contributed by atoms with Gasteiger partial charge in [-0.05, 0) is 173 Å². The predicted octanol–water partition coefficient (Wildman–Crippen LogP) is 19.6. The molecular weight excluding hydrogens is 949 g/mol. The smallest absolute Gasteiger partial charge is 0.123 e. The normalized spacial score (nSPS) is 14.1. The summed E-state index contributed by atoms with van der Waals surface area (Å²) in [5, 5.41) is 36.2. The van der Waals surface area contributed by atoms with Crippen molar-refractivity contribution in [2.45, 2.75) is 215 Å². The minimum atomic E-state index is -0.286. The zero-order valence-corrected chi connectivity index (χ0v) is 51.8. The SMILES string of the molecule is Cc1c(C(Cc2cc(C(C)(C)C)c(O)c(C(C)(C)C)c2)c2ccccc2)c(C)c(C(Cc2cc(C(C)(C)C)c(O)c(C(C)(C)C)c2)c2ccccc2)c(C)c1C(Cc1cc(C(C)(C)C)c(O)c(C(C)(C)C)c1)c1ccccc1. The van der Waals surface area contributed by atoms with Gasteiger partial charge in [0.1, 0.15) is 17.2 Å². The molecule has 0 heterocycles. The summed E-state index contributed by atoms with van der Waals surface area (Å²) in [7, 11) is 0. The summed E-state index contributed by atoms with van der Waals surface area (Å²) in [6, 6.07) is 47.2. The van der Waals surface area contributed by atoms with Gasteiger partial charge in [0.2, 0.25) is 0 Å². The summed E-state index contributed by atoms with van der Waals surface area (Å²) in [4.78, 5) is 0. The molecule has 3 heteroatoms. The third kappa shape index (κ3) is 12.7. The van der Waals surface area contributed by atoms with Crippen molar-refractivity contribution in [3.05, 3.63) is 228 Å². The Bertz CT molecular complexity index is 2760. The molecule has 3 N–H and O–H groups in total. The van der Waals surface area contributed by atoms with Gasteiger partial charge in [0.05, 0.1) is 0 Å². The molecular formula is C75H96O3. The van der Waals surface area contributed by atoms with Gasteiger partial charge in [-0.15, -0.1) is 0 Å². The standard InChI is InChI=1S/C75H96O3/c1-46-64(55(52-31-25-22-26-32-52)37-49-40-58(70(4,5)6)67(76)59(41-49)71(7,8)9)47(2)66(57(54-35-29-24-30-36-54)39-51-44-62(74(16,17)18)69(78)63(45-51)75(19,20)21)48(3)65(46)56(53-33-27-23-28-34-53)38-50-42-60(72(10,11)12)68(77)61(43-50)73(13,14)15/h22-36,40-45,55-57,76-78H,37-39H2,1-21H3. The molecule has 3 nitrogen and oxygen atoms in total. The molecule has 0 spiro atoms. The molecule has 3 unspecified atom stereocenters. The second kappa shape index (κ2) is 21.9. The fourth-order valence-corrected chi connectivity index (χ4v) is 12.6. The van der Waals surface area contributed by atoms with Crippen molar-refractivity contribution in [1.29, 1.82) is 0 Å². The number of phenols is 3. The van der Waals surface area contributed by atoms with Crippen LogP contribution in [0.1, 0.15) is 243 Å². The van der Waals surface area contributed by atoms with Crippen LogP contribution >= 0.6 is 0 Å². The molecule has 0 aliphatic heterocycles. The fraction of sp³-hybridized carbons (Fsp3) is 0.440. The van der Waals surface area contributed by atoms with Crippen LogP contribution in [0.2, 0.25) is 0 Å². The van der Waals surface area contributed by atoms with Gasteiger partial charge in [-0.2, -0.15) is 0 Å². The van der Waals surface area contributed by atoms with E-state index in [-0.39, 0.29) is 50.2 Å². The Kier molecular flexibility index (Phi) is 16.7. The Hall–Kier alpha value is -6.06.